The average Bonchev–Trinajstić information content (AvgIpc) is 3.46. The predicted octanol–water partition coefficient (Wildman–Crippen LogP) is 4.80. The van der Waals surface area contributed by atoms with Gasteiger partial charge in [-0.05, 0) is 54.4 Å². The predicted molar refractivity (Wildman–Crippen MR) is 122 cm³/mol. The van der Waals surface area contributed by atoms with E-state index in [0.717, 1.165) is 22.5 Å². The van der Waals surface area contributed by atoms with E-state index in [9.17, 15) is 14.0 Å². The highest BCUT2D eigenvalue weighted by Crippen LogP contribution is 2.34. The zero-order chi connectivity index (χ0) is 22.1. The lowest BCUT2D eigenvalue weighted by Gasteiger charge is -2.17. The van der Waals surface area contributed by atoms with Gasteiger partial charge < -0.3 is 4.90 Å². The van der Waals surface area contributed by atoms with Gasteiger partial charge in [-0.25, -0.2) is 9.37 Å². The van der Waals surface area contributed by atoms with E-state index in [4.69, 9.17) is 0 Å². The summed E-state index contributed by atoms with van der Waals surface area (Å²) in [5.41, 5.74) is 4.35. The summed E-state index contributed by atoms with van der Waals surface area (Å²) in [6.45, 7) is 0.540. The molecule has 2 aromatic heterocycles. The van der Waals surface area contributed by atoms with Gasteiger partial charge in [-0.3, -0.25) is 19.9 Å². The van der Waals surface area contributed by atoms with Gasteiger partial charge in [0.1, 0.15) is 5.82 Å². The summed E-state index contributed by atoms with van der Waals surface area (Å²) < 4.78 is 13.5. The van der Waals surface area contributed by atoms with Crippen molar-refractivity contribution in [2.75, 3.05) is 16.8 Å². The molecule has 2 amide bonds. The van der Waals surface area contributed by atoms with Crippen molar-refractivity contribution in [1.82, 2.24) is 9.97 Å². The summed E-state index contributed by atoms with van der Waals surface area (Å²) >= 11 is 1.35. The second-order valence-electron chi connectivity index (χ2n) is 7.29. The number of nitrogens with zero attached hydrogens (tertiary/aromatic N) is 3. The van der Waals surface area contributed by atoms with Crippen LogP contribution >= 0.6 is 11.3 Å². The maximum Gasteiger partial charge on any atom is 0.258 e. The fraction of sp³-hybridized carbons (Fsp3) is 0.0833. The van der Waals surface area contributed by atoms with E-state index in [1.165, 1.54) is 29.5 Å². The van der Waals surface area contributed by atoms with Crippen molar-refractivity contribution >= 4 is 34.0 Å². The molecular weight excluding hydrogens is 427 g/mol. The molecular formula is C24H17FN4O2S. The highest BCUT2D eigenvalue weighted by atomic mass is 32.1. The Balaban J connectivity index is 1.34. The van der Waals surface area contributed by atoms with Crippen LogP contribution in [-0.2, 0) is 6.42 Å². The molecule has 0 unspecified atom stereocenters. The van der Waals surface area contributed by atoms with Crippen molar-refractivity contribution in [2.24, 2.45) is 0 Å². The third-order valence-electron chi connectivity index (χ3n) is 5.25. The fourth-order valence-corrected chi connectivity index (χ4v) is 4.40. The molecule has 0 atom stereocenters. The molecule has 0 aliphatic carbocycles. The molecule has 0 saturated heterocycles. The van der Waals surface area contributed by atoms with Gasteiger partial charge in [-0.1, -0.05) is 12.1 Å². The zero-order valence-corrected chi connectivity index (χ0v) is 17.6. The molecule has 0 spiro atoms. The normalized spacial score (nSPS) is 12.5. The number of thiazole rings is 1. The van der Waals surface area contributed by atoms with Gasteiger partial charge >= 0.3 is 0 Å². The maximum absolute atomic E-state index is 13.5. The molecule has 0 saturated carbocycles. The number of aromatic nitrogens is 2. The molecule has 3 heterocycles. The van der Waals surface area contributed by atoms with Crippen LogP contribution in [0.3, 0.4) is 0 Å². The molecule has 2 aromatic carbocycles. The summed E-state index contributed by atoms with van der Waals surface area (Å²) in [5.74, 6) is -0.888. The molecule has 158 valence electrons. The van der Waals surface area contributed by atoms with Crippen LogP contribution < -0.4 is 10.2 Å². The summed E-state index contributed by atoms with van der Waals surface area (Å²) in [4.78, 5) is 35.3. The van der Waals surface area contributed by atoms with Crippen LogP contribution in [0.2, 0.25) is 0 Å². The van der Waals surface area contributed by atoms with Crippen molar-refractivity contribution in [3.8, 4) is 11.3 Å². The van der Waals surface area contributed by atoms with Crippen LogP contribution in [0, 0.1) is 5.82 Å². The van der Waals surface area contributed by atoms with E-state index in [0.29, 0.717) is 29.2 Å². The molecule has 4 aromatic rings. The lowest BCUT2D eigenvalue weighted by atomic mass is 10.1. The number of halogens is 1. The summed E-state index contributed by atoms with van der Waals surface area (Å²) in [7, 11) is 0. The van der Waals surface area contributed by atoms with Gasteiger partial charge in [0.05, 0.1) is 5.69 Å². The lowest BCUT2D eigenvalue weighted by Crippen LogP contribution is -2.28. The number of amides is 2. The topological polar surface area (TPSA) is 75.2 Å². The Morgan fingerprint density at radius 3 is 2.69 bits per heavy atom. The SMILES string of the molecule is O=C(Nc1nc(-c2ccc3c(c2)CCN3C(=O)c2cccc(F)c2)cs1)c1ccncc1. The molecule has 0 fully saturated rings. The molecule has 0 radical (unpaired) electrons. The molecule has 8 heteroatoms. The number of nitrogens with one attached hydrogen (secondary N) is 1. The smallest absolute Gasteiger partial charge is 0.258 e. The largest absolute Gasteiger partial charge is 0.308 e. The molecule has 1 aliphatic rings. The number of hydrogen-bond acceptors (Lipinski definition) is 5. The Morgan fingerprint density at radius 1 is 1.03 bits per heavy atom. The summed E-state index contributed by atoms with van der Waals surface area (Å²) in [6.07, 6.45) is 3.84. The van der Waals surface area contributed by atoms with Gasteiger partial charge in [0.25, 0.3) is 11.8 Å². The van der Waals surface area contributed by atoms with Gasteiger partial charge in [-0.2, -0.15) is 0 Å². The number of carbonyl (C=O) groups is 2. The number of benzene rings is 2. The van der Waals surface area contributed by atoms with Gasteiger partial charge in [0, 0.05) is 46.7 Å². The Morgan fingerprint density at radius 2 is 1.88 bits per heavy atom. The first kappa shape index (κ1) is 20.0. The number of fused-ring (bicyclic) bond motifs is 1. The number of pyridine rings is 1. The van der Waals surface area contributed by atoms with Gasteiger partial charge in [-0.15, -0.1) is 11.3 Å². The molecule has 0 bridgehead atoms. The highest BCUT2D eigenvalue weighted by molar-refractivity contribution is 7.14. The number of anilines is 2. The Labute approximate surface area is 187 Å². The zero-order valence-electron chi connectivity index (χ0n) is 16.8. The van der Waals surface area contributed by atoms with Crippen LogP contribution in [0.25, 0.3) is 11.3 Å². The van der Waals surface area contributed by atoms with Crippen LogP contribution in [-0.4, -0.2) is 28.3 Å². The second-order valence-corrected chi connectivity index (χ2v) is 8.15. The monoisotopic (exact) mass is 444 g/mol. The second kappa shape index (κ2) is 8.32. The number of hydrogen-bond donors (Lipinski definition) is 1. The van der Waals surface area contributed by atoms with E-state index in [-0.39, 0.29) is 11.8 Å². The van der Waals surface area contributed by atoms with E-state index < -0.39 is 5.82 Å². The quantitative estimate of drug-likeness (QED) is 0.491. The molecule has 6 nitrogen and oxygen atoms in total. The van der Waals surface area contributed by atoms with Crippen molar-refractivity contribution in [1.29, 1.82) is 0 Å². The molecule has 5 rings (SSSR count). The molecule has 32 heavy (non-hydrogen) atoms. The van der Waals surface area contributed by atoms with Gasteiger partial charge in [0.15, 0.2) is 5.13 Å². The van der Waals surface area contributed by atoms with Gasteiger partial charge in [0.2, 0.25) is 0 Å². The Bertz CT molecular complexity index is 1320. The Hall–Kier alpha value is -3.91. The third-order valence-corrected chi connectivity index (χ3v) is 6.01. The van der Waals surface area contributed by atoms with Crippen molar-refractivity contribution in [3.05, 3.63) is 94.9 Å². The number of carbonyl (C=O) groups excluding carboxylic acids is 2. The minimum absolute atomic E-state index is 0.217. The van der Waals surface area contributed by atoms with E-state index in [1.54, 1.807) is 35.5 Å². The van der Waals surface area contributed by atoms with Crippen molar-refractivity contribution in [2.45, 2.75) is 6.42 Å². The number of rotatable bonds is 4. The average molecular weight is 444 g/mol. The first-order valence-electron chi connectivity index (χ1n) is 9.96. The van der Waals surface area contributed by atoms with E-state index in [1.807, 2.05) is 23.6 Å². The fourth-order valence-electron chi connectivity index (χ4n) is 3.69. The minimum atomic E-state index is -0.430. The minimum Gasteiger partial charge on any atom is -0.308 e. The summed E-state index contributed by atoms with van der Waals surface area (Å²) in [6, 6.07) is 14.8. The summed E-state index contributed by atoms with van der Waals surface area (Å²) in [5, 5.41) is 5.19. The third kappa shape index (κ3) is 3.88. The van der Waals surface area contributed by atoms with Crippen LogP contribution in [0.15, 0.2) is 72.4 Å². The molecule has 1 N–H and O–H groups in total. The van der Waals surface area contributed by atoms with E-state index in [2.05, 4.69) is 15.3 Å². The lowest BCUT2D eigenvalue weighted by molar-refractivity contribution is 0.0987. The Kier molecular flexibility index (Phi) is 5.20. The standard InChI is InChI=1S/C24H17FN4O2S/c25-19-3-1-2-18(13-19)23(31)29-11-8-17-12-16(4-5-21(17)29)20-14-32-24(27-20)28-22(30)15-6-9-26-10-7-15/h1-7,9-10,12-14H,8,11H2,(H,27,28,30). The van der Waals surface area contributed by atoms with Crippen molar-refractivity contribution in [3.63, 3.8) is 0 Å². The first-order valence-corrected chi connectivity index (χ1v) is 10.8. The van der Waals surface area contributed by atoms with E-state index >= 15 is 0 Å². The van der Waals surface area contributed by atoms with Crippen LogP contribution in [0.1, 0.15) is 26.3 Å². The highest BCUT2D eigenvalue weighted by Gasteiger charge is 2.26. The maximum atomic E-state index is 13.5. The first-order chi connectivity index (χ1) is 15.6. The van der Waals surface area contributed by atoms with Crippen LogP contribution in [0.4, 0.5) is 15.2 Å². The van der Waals surface area contributed by atoms with Crippen molar-refractivity contribution < 1.29 is 14.0 Å². The molecule has 1 aliphatic heterocycles. The van der Waals surface area contributed by atoms with Crippen LogP contribution in [0.5, 0.6) is 0 Å².